The van der Waals surface area contributed by atoms with Crippen molar-refractivity contribution in [2.24, 2.45) is 5.92 Å². The average molecular weight is 259 g/mol. The van der Waals surface area contributed by atoms with Crippen LogP contribution in [0.2, 0.25) is 0 Å². The first-order valence-electron chi connectivity index (χ1n) is 4.96. The lowest BCUT2D eigenvalue weighted by atomic mass is 9.86. The Morgan fingerprint density at radius 2 is 1.79 bits per heavy atom. The number of hydrogen-bond donors (Lipinski definition) is 0. The van der Waals surface area contributed by atoms with Crippen LogP contribution in [0.5, 0.6) is 0 Å². The fourth-order valence-corrected chi connectivity index (χ4v) is 2.21. The first-order chi connectivity index (χ1) is 6.65. The largest absolute Gasteiger partial charge is 0.207 e. The molecule has 0 spiro atoms. The van der Waals surface area contributed by atoms with Crippen molar-refractivity contribution in [2.45, 2.75) is 26.2 Å². The average Bonchev–Trinajstić information content (AvgIpc) is 2.15. The normalized spacial score (nSPS) is 13.2. The third-order valence-corrected chi connectivity index (χ3v) is 2.98. The van der Waals surface area contributed by atoms with Crippen LogP contribution >= 0.6 is 15.9 Å². The lowest BCUT2D eigenvalue weighted by Crippen LogP contribution is -2.07. The summed E-state index contributed by atoms with van der Waals surface area (Å²) in [6, 6.07) is 6.86. The van der Waals surface area contributed by atoms with Gasteiger partial charge < -0.3 is 0 Å². The van der Waals surface area contributed by atoms with Crippen molar-refractivity contribution in [1.29, 1.82) is 0 Å². The molecule has 0 nitrogen and oxygen atoms in total. The third kappa shape index (κ3) is 3.09. The van der Waals surface area contributed by atoms with Gasteiger partial charge >= 0.3 is 0 Å². The van der Waals surface area contributed by atoms with E-state index >= 15 is 0 Å². The van der Waals surface area contributed by atoms with E-state index in [1.54, 1.807) is 12.1 Å². The van der Waals surface area contributed by atoms with Crippen LogP contribution in [0, 0.1) is 11.7 Å². The van der Waals surface area contributed by atoms with Crippen molar-refractivity contribution in [2.75, 3.05) is 5.33 Å². The van der Waals surface area contributed by atoms with Gasteiger partial charge in [0.05, 0.1) is 0 Å². The van der Waals surface area contributed by atoms with Gasteiger partial charge in [0.2, 0.25) is 0 Å². The predicted molar refractivity (Wildman–Crippen MR) is 62.4 cm³/mol. The van der Waals surface area contributed by atoms with Gasteiger partial charge in [0.15, 0.2) is 0 Å². The summed E-state index contributed by atoms with van der Waals surface area (Å²) >= 11 is 3.46. The van der Waals surface area contributed by atoms with E-state index in [0.29, 0.717) is 11.8 Å². The zero-order valence-corrected chi connectivity index (χ0v) is 10.2. The van der Waals surface area contributed by atoms with Crippen LogP contribution in [0.3, 0.4) is 0 Å². The lowest BCUT2D eigenvalue weighted by molar-refractivity contribution is 0.488. The Balaban J connectivity index is 2.82. The molecule has 0 aliphatic heterocycles. The first-order valence-corrected chi connectivity index (χ1v) is 6.08. The van der Waals surface area contributed by atoms with E-state index in [-0.39, 0.29) is 5.82 Å². The fraction of sp³-hybridized carbons (Fsp3) is 0.500. The Hall–Kier alpha value is -0.370. The summed E-state index contributed by atoms with van der Waals surface area (Å²) in [5, 5.41) is 0.993. The highest BCUT2D eigenvalue weighted by molar-refractivity contribution is 9.09. The second-order valence-electron chi connectivity index (χ2n) is 3.88. The molecular formula is C12H16BrF. The van der Waals surface area contributed by atoms with Crippen molar-refractivity contribution in [3.05, 3.63) is 35.6 Å². The minimum atomic E-state index is -0.157. The van der Waals surface area contributed by atoms with Crippen LogP contribution in [-0.2, 0) is 0 Å². The van der Waals surface area contributed by atoms with Crippen molar-refractivity contribution in [1.82, 2.24) is 0 Å². The molecule has 0 aromatic heterocycles. The highest BCUT2D eigenvalue weighted by Crippen LogP contribution is 2.28. The quantitative estimate of drug-likeness (QED) is 0.705. The minimum Gasteiger partial charge on any atom is -0.207 e. The van der Waals surface area contributed by atoms with E-state index in [1.807, 2.05) is 12.1 Å². The molecule has 0 aliphatic rings. The van der Waals surface area contributed by atoms with Crippen LogP contribution in [0.15, 0.2) is 24.3 Å². The summed E-state index contributed by atoms with van der Waals surface area (Å²) in [6.07, 6.45) is 1.10. The van der Waals surface area contributed by atoms with Gasteiger partial charge in [0, 0.05) is 5.33 Å². The van der Waals surface area contributed by atoms with Crippen molar-refractivity contribution in [3.63, 3.8) is 0 Å². The van der Waals surface area contributed by atoms with Gasteiger partial charge in [-0.25, -0.2) is 4.39 Å². The van der Waals surface area contributed by atoms with Crippen molar-refractivity contribution in [3.8, 4) is 0 Å². The molecule has 1 aromatic rings. The molecule has 0 radical (unpaired) electrons. The predicted octanol–water partition coefficient (Wildman–Crippen LogP) is 4.35. The number of hydrogen-bond acceptors (Lipinski definition) is 0. The zero-order valence-electron chi connectivity index (χ0n) is 8.63. The molecule has 1 aromatic carbocycles. The van der Waals surface area contributed by atoms with Gasteiger partial charge in [0.25, 0.3) is 0 Å². The van der Waals surface area contributed by atoms with Gasteiger partial charge in [0.1, 0.15) is 5.82 Å². The van der Waals surface area contributed by atoms with E-state index in [0.717, 1.165) is 11.8 Å². The minimum absolute atomic E-state index is 0.157. The van der Waals surface area contributed by atoms with E-state index in [9.17, 15) is 4.39 Å². The Morgan fingerprint density at radius 1 is 1.21 bits per heavy atom. The summed E-state index contributed by atoms with van der Waals surface area (Å²) < 4.78 is 12.7. The van der Waals surface area contributed by atoms with Crippen LogP contribution in [-0.4, -0.2) is 5.33 Å². The Kier molecular flexibility index (Phi) is 4.59. The molecule has 0 heterocycles. The molecule has 0 amide bonds. The first kappa shape index (κ1) is 11.7. The summed E-state index contributed by atoms with van der Waals surface area (Å²) in [5.74, 6) is 0.961. The lowest BCUT2D eigenvalue weighted by Gasteiger charge is -2.20. The Bertz CT molecular complexity index is 266. The maximum absolute atomic E-state index is 12.7. The number of alkyl halides is 1. The molecule has 1 unspecified atom stereocenters. The molecule has 0 saturated carbocycles. The van der Waals surface area contributed by atoms with Gasteiger partial charge in [-0.3, -0.25) is 0 Å². The molecular weight excluding hydrogens is 243 g/mol. The highest BCUT2D eigenvalue weighted by atomic mass is 79.9. The van der Waals surface area contributed by atoms with E-state index < -0.39 is 0 Å². The van der Waals surface area contributed by atoms with Gasteiger partial charge in [-0.2, -0.15) is 0 Å². The highest BCUT2D eigenvalue weighted by Gasteiger charge is 2.14. The Labute approximate surface area is 93.7 Å². The smallest absolute Gasteiger partial charge is 0.123 e. The monoisotopic (exact) mass is 258 g/mol. The number of benzene rings is 1. The molecule has 2 heteroatoms. The van der Waals surface area contributed by atoms with Crippen molar-refractivity contribution < 1.29 is 4.39 Å². The summed E-state index contributed by atoms with van der Waals surface area (Å²) in [5.41, 5.74) is 1.24. The number of rotatable bonds is 4. The van der Waals surface area contributed by atoms with Gasteiger partial charge in [-0.1, -0.05) is 41.9 Å². The third-order valence-electron chi connectivity index (χ3n) is 2.52. The molecule has 1 atom stereocenters. The topological polar surface area (TPSA) is 0 Å². The van der Waals surface area contributed by atoms with E-state index in [4.69, 9.17) is 0 Å². The molecule has 1 rings (SSSR count). The molecule has 0 fully saturated rings. The van der Waals surface area contributed by atoms with Crippen molar-refractivity contribution >= 4 is 15.9 Å². The number of halogens is 2. The molecule has 14 heavy (non-hydrogen) atoms. The summed E-state index contributed by atoms with van der Waals surface area (Å²) in [7, 11) is 0. The summed E-state index contributed by atoms with van der Waals surface area (Å²) in [6.45, 7) is 4.41. The van der Waals surface area contributed by atoms with Gasteiger partial charge in [-0.15, -0.1) is 0 Å². The standard InChI is InChI=1S/C12H16BrF/c1-9(2)12(7-8-13)10-3-5-11(14)6-4-10/h3-6,9,12H,7-8H2,1-2H3. The van der Waals surface area contributed by atoms with Crippen LogP contribution in [0.25, 0.3) is 0 Å². The second-order valence-corrected chi connectivity index (χ2v) is 4.67. The SMILES string of the molecule is CC(C)C(CCBr)c1ccc(F)cc1. The maximum atomic E-state index is 12.7. The van der Waals surface area contributed by atoms with Gasteiger partial charge in [-0.05, 0) is 36.0 Å². The molecule has 0 bridgehead atoms. The van der Waals surface area contributed by atoms with Crippen LogP contribution in [0.4, 0.5) is 4.39 Å². The van der Waals surface area contributed by atoms with E-state index in [2.05, 4.69) is 29.8 Å². The van der Waals surface area contributed by atoms with Crippen LogP contribution < -0.4 is 0 Å². The fourth-order valence-electron chi connectivity index (χ4n) is 1.71. The summed E-state index contributed by atoms with van der Waals surface area (Å²) in [4.78, 5) is 0. The maximum Gasteiger partial charge on any atom is 0.123 e. The Morgan fingerprint density at radius 3 is 2.21 bits per heavy atom. The zero-order chi connectivity index (χ0) is 10.6. The van der Waals surface area contributed by atoms with Crippen LogP contribution in [0.1, 0.15) is 31.7 Å². The molecule has 0 N–H and O–H groups in total. The molecule has 0 aliphatic carbocycles. The second kappa shape index (κ2) is 5.50. The molecule has 0 saturated heterocycles. The molecule has 78 valence electrons. The van der Waals surface area contributed by atoms with E-state index in [1.165, 1.54) is 5.56 Å².